The topological polar surface area (TPSA) is 51.8 Å². The molecule has 5 nitrogen and oxygen atoms in total. The van der Waals surface area contributed by atoms with E-state index in [1.807, 2.05) is 25.1 Å². The molecule has 0 amide bonds. The highest BCUT2D eigenvalue weighted by molar-refractivity contribution is 8.00. The van der Waals surface area contributed by atoms with E-state index in [1.165, 1.54) is 36.5 Å². The Labute approximate surface area is 151 Å². The van der Waals surface area contributed by atoms with Crippen LogP contribution in [0.15, 0.2) is 34.6 Å². The molecule has 120 valence electrons. The van der Waals surface area contributed by atoms with E-state index in [2.05, 4.69) is 15.2 Å². The van der Waals surface area contributed by atoms with Crippen molar-refractivity contribution >= 4 is 57.0 Å². The standard InChI is InChI=1S/C14H12Cl2N4OS2/c1-8-12(23-14-17-7-18-20(8)14)11(19-21-2)6-22-13-9(15)4-3-5-10(13)16/h3-5,7H,6H2,1-2H3/b19-11+. The first-order valence-corrected chi connectivity index (χ1v) is 9.14. The summed E-state index contributed by atoms with van der Waals surface area (Å²) in [4.78, 5) is 11.9. The molecule has 0 saturated heterocycles. The van der Waals surface area contributed by atoms with Gasteiger partial charge >= 0.3 is 0 Å². The van der Waals surface area contributed by atoms with Gasteiger partial charge < -0.3 is 4.84 Å². The molecule has 0 radical (unpaired) electrons. The Morgan fingerprint density at radius 1 is 1.39 bits per heavy atom. The number of aromatic nitrogens is 3. The van der Waals surface area contributed by atoms with Crippen LogP contribution in [0.25, 0.3) is 4.96 Å². The van der Waals surface area contributed by atoms with E-state index in [-0.39, 0.29) is 0 Å². The van der Waals surface area contributed by atoms with Gasteiger partial charge in [0, 0.05) is 10.6 Å². The highest BCUT2D eigenvalue weighted by atomic mass is 35.5. The number of aryl methyl sites for hydroxylation is 1. The number of hydrogen-bond acceptors (Lipinski definition) is 6. The zero-order chi connectivity index (χ0) is 16.4. The van der Waals surface area contributed by atoms with Crippen LogP contribution in [0.3, 0.4) is 0 Å². The van der Waals surface area contributed by atoms with Gasteiger partial charge in [0.15, 0.2) is 0 Å². The van der Waals surface area contributed by atoms with Gasteiger partial charge in [0.25, 0.3) is 0 Å². The first-order chi connectivity index (χ1) is 11.1. The number of nitrogens with zero attached hydrogens (tertiary/aromatic N) is 4. The highest BCUT2D eigenvalue weighted by Crippen LogP contribution is 2.35. The summed E-state index contributed by atoms with van der Waals surface area (Å²) in [5.41, 5.74) is 1.77. The molecule has 1 aromatic carbocycles. The summed E-state index contributed by atoms with van der Waals surface area (Å²) in [5, 5.41) is 9.60. The third-order valence-corrected chi connectivity index (χ3v) is 6.29. The molecule has 0 unspecified atom stereocenters. The number of thioether (sulfide) groups is 1. The second-order valence-corrected chi connectivity index (χ2v) is 7.31. The van der Waals surface area contributed by atoms with Crippen molar-refractivity contribution in [3.05, 3.63) is 45.1 Å². The summed E-state index contributed by atoms with van der Waals surface area (Å²) in [5.74, 6) is 0.571. The molecule has 3 rings (SSSR count). The number of benzene rings is 1. The fourth-order valence-electron chi connectivity index (χ4n) is 2.06. The van der Waals surface area contributed by atoms with Gasteiger partial charge in [-0.2, -0.15) is 5.10 Å². The predicted octanol–water partition coefficient (Wildman–Crippen LogP) is 4.55. The fourth-order valence-corrected chi connectivity index (χ4v) is 4.78. The SMILES string of the molecule is CO/N=C(\CSc1c(Cl)cccc1Cl)c1sc2ncnn2c1C. The minimum Gasteiger partial charge on any atom is -0.399 e. The Kier molecular flexibility index (Phi) is 5.11. The zero-order valence-electron chi connectivity index (χ0n) is 12.3. The number of halogens is 2. The lowest BCUT2D eigenvalue weighted by Crippen LogP contribution is -2.06. The van der Waals surface area contributed by atoms with Crippen LogP contribution in [0.1, 0.15) is 10.6 Å². The average molecular weight is 387 g/mol. The summed E-state index contributed by atoms with van der Waals surface area (Å²) in [6, 6.07) is 5.46. The molecule has 2 aromatic heterocycles. The largest absolute Gasteiger partial charge is 0.399 e. The van der Waals surface area contributed by atoms with Crippen LogP contribution in [0.5, 0.6) is 0 Å². The number of rotatable bonds is 5. The first-order valence-electron chi connectivity index (χ1n) is 6.58. The van der Waals surface area contributed by atoms with Crippen molar-refractivity contribution in [2.24, 2.45) is 5.16 Å². The Balaban J connectivity index is 1.89. The van der Waals surface area contributed by atoms with Gasteiger partial charge in [0.05, 0.1) is 20.6 Å². The summed E-state index contributed by atoms with van der Waals surface area (Å²) < 4.78 is 1.79. The van der Waals surface area contributed by atoms with Crippen molar-refractivity contribution in [1.82, 2.24) is 14.6 Å². The molecular formula is C14H12Cl2N4OS2. The monoisotopic (exact) mass is 386 g/mol. The quantitative estimate of drug-likeness (QED) is 0.366. The van der Waals surface area contributed by atoms with Crippen LogP contribution in [-0.2, 0) is 4.84 Å². The zero-order valence-corrected chi connectivity index (χ0v) is 15.4. The molecule has 0 fully saturated rings. The number of oxime groups is 1. The van der Waals surface area contributed by atoms with E-state index in [0.717, 1.165) is 26.1 Å². The van der Waals surface area contributed by atoms with Gasteiger partial charge in [-0.25, -0.2) is 9.50 Å². The van der Waals surface area contributed by atoms with Gasteiger partial charge in [-0.15, -0.1) is 11.8 Å². The molecule has 0 atom stereocenters. The highest BCUT2D eigenvalue weighted by Gasteiger charge is 2.17. The van der Waals surface area contributed by atoms with E-state index in [4.69, 9.17) is 28.0 Å². The van der Waals surface area contributed by atoms with E-state index in [1.54, 1.807) is 4.52 Å². The Bertz CT molecular complexity index is 855. The molecule has 0 bridgehead atoms. The molecule has 0 aliphatic carbocycles. The molecule has 2 heterocycles. The first kappa shape index (κ1) is 16.6. The fraction of sp³-hybridized carbons (Fsp3) is 0.214. The summed E-state index contributed by atoms with van der Waals surface area (Å²) >= 11 is 15.5. The molecular weight excluding hydrogens is 375 g/mol. The molecule has 3 aromatic rings. The molecule has 0 N–H and O–H groups in total. The van der Waals surface area contributed by atoms with Gasteiger partial charge in [-0.05, 0) is 19.1 Å². The Morgan fingerprint density at radius 2 is 2.13 bits per heavy atom. The van der Waals surface area contributed by atoms with Gasteiger partial charge in [-0.1, -0.05) is 45.8 Å². The van der Waals surface area contributed by atoms with Crippen molar-refractivity contribution in [1.29, 1.82) is 0 Å². The molecule has 23 heavy (non-hydrogen) atoms. The average Bonchev–Trinajstić information content (AvgIpc) is 3.09. The van der Waals surface area contributed by atoms with Crippen LogP contribution in [0.2, 0.25) is 10.0 Å². The maximum absolute atomic E-state index is 6.22. The molecule has 9 heteroatoms. The van der Waals surface area contributed by atoms with Crippen LogP contribution >= 0.6 is 46.3 Å². The Morgan fingerprint density at radius 3 is 2.78 bits per heavy atom. The predicted molar refractivity (Wildman–Crippen MR) is 96.3 cm³/mol. The molecule has 0 aliphatic heterocycles. The normalized spacial score (nSPS) is 12.1. The van der Waals surface area contributed by atoms with Crippen LogP contribution in [-0.4, -0.2) is 33.2 Å². The summed E-state index contributed by atoms with van der Waals surface area (Å²) in [6.45, 7) is 1.98. The maximum Gasteiger partial charge on any atom is 0.212 e. The second-order valence-electron chi connectivity index (χ2n) is 4.53. The van der Waals surface area contributed by atoms with E-state index in [9.17, 15) is 0 Å². The van der Waals surface area contributed by atoms with E-state index < -0.39 is 0 Å². The molecule has 0 saturated carbocycles. The Hall–Kier alpha value is -1.28. The van der Waals surface area contributed by atoms with E-state index in [0.29, 0.717) is 15.8 Å². The number of thiazole rings is 1. The maximum atomic E-state index is 6.22. The second kappa shape index (κ2) is 7.09. The lowest BCUT2D eigenvalue weighted by molar-refractivity contribution is 0.213. The lowest BCUT2D eigenvalue weighted by atomic mass is 10.3. The summed E-state index contributed by atoms with van der Waals surface area (Å²) in [7, 11) is 1.53. The van der Waals surface area contributed by atoms with E-state index >= 15 is 0 Å². The molecule has 0 spiro atoms. The van der Waals surface area contributed by atoms with Gasteiger partial charge in [0.2, 0.25) is 4.96 Å². The van der Waals surface area contributed by atoms with Gasteiger partial charge in [-0.3, -0.25) is 0 Å². The number of hydrogen-bond donors (Lipinski definition) is 0. The van der Waals surface area contributed by atoms with Crippen LogP contribution in [0, 0.1) is 6.92 Å². The van der Waals surface area contributed by atoms with Crippen molar-refractivity contribution in [3.8, 4) is 0 Å². The van der Waals surface area contributed by atoms with Crippen molar-refractivity contribution in [2.45, 2.75) is 11.8 Å². The smallest absolute Gasteiger partial charge is 0.212 e. The number of fused-ring (bicyclic) bond motifs is 1. The van der Waals surface area contributed by atoms with Crippen molar-refractivity contribution in [3.63, 3.8) is 0 Å². The van der Waals surface area contributed by atoms with Crippen LogP contribution in [0.4, 0.5) is 0 Å². The minimum absolute atomic E-state index is 0.571. The van der Waals surface area contributed by atoms with Gasteiger partial charge in [0.1, 0.15) is 19.1 Å². The van der Waals surface area contributed by atoms with Crippen LogP contribution < -0.4 is 0 Å². The van der Waals surface area contributed by atoms with Crippen molar-refractivity contribution < 1.29 is 4.84 Å². The summed E-state index contributed by atoms with van der Waals surface area (Å²) in [6.07, 6.45) is 1.54. The third kappa shape index (κ3) is 3.33. The lowest BCUT2D eigenvalue weighted by Gasteiger charge is -2.08. The third-order valence-electron chi connectivity index (χ3n) is 3.09. The molecule has 0 aliphatic rings. The van der Waals surface area contributed by atoms with Crippen molar-refractivity contribution in [2.75, 3.05) is 12.9 Å². The minimum atomic E-state index is 0.571.